The molecule has 0 fully saturated rings. The number of benzene rings is 1. The summed E-state index contributed by atoms with van der Waals surface area (Å²) in [6.45, 7) is 5.81. The fourth-order valence-electron chi connectivity index (χ4n) is 1.46. The fourth-order valence-corrected chi connectivity index (χ4v) is 1.46. The van der Waals surface area contributed by atoms with Crippen molar-refractivity contribution in [2.45, 2.75) is 26.8 Å². The van der Waals surface area contributed by atoms with Crippen LogP contribution in [0.1, 0.15) is 25.8 Å². The molecule has 0 heterocycles. The number of methoxy groups -OCH3 is 1. The van der Waals surface area contributed by atoms with E-state index in [4.69, 9.17) is 4.74 Å². The van der Waals surface area contributed by atoms with Gasteiger partial charge in [0.15, 0.2) is 11.6 Å². The molecule has 0 saturated carbocycles. The maximum absolute atomic E-state index is 13.7. The molecular weight excluding hydrogens is 205 g/mol. The first-order chi connectivity index (χ1) is 7.65. The van der Waals surface area contributed by atoms with Crippen LogP contribution in [0.3, 0.4) is 0 Å². The second kappa shape index (κ2) is 6.48. The van der Waals surface area contributed by atoms with Crippen LogP contribution in [0.15, 0.2) is 18.2 Å². The molecule has 1 N–H and O–H groups in total. The summed E-state index contributed by atoms with van der Waals surface area (Å²) < 4.78 is 18.6. The molecule has 3 heteroatoms. The van der Waals surface area contributed by atoms with Crippen LogP contribution in [-0.4, -0.2) is 13.7 Å². The Morgan fingerprint density at radius 1 is 1.38 bits per heavy atom. The monoisotopic (exact) mass is 225 g/mol. The smallest absolute Gasteiger partial charge is 0.169 e. The summed E-state index contributed by atoms with van der Waals surface area (Å²) in [6, 6.07) is 5.22. The van der Waals surface area contributed by atoms with Crippen LogP contribution >= 0.6 is 0 Å². The highest BCUT2D eigenvalue weighted by Gasteiger charge is 2.07. The molecule has 0 aliphatic heterocycles. The maximum Gasteiger partial charge on any atom is 0.169 e. The number of ether oxygens (including phenoxy) is 1. The minimum absolute atomic E-state index is 0.262. The van der Waals surface area contributed by atoms with Crippen molar-refractivity contribution in [1.29, 1.82) is 0 Å². The van der Waals surface area contributed by atoms with Crippen molar-refractivity contribution in [3.8, 4) is 5.75 Å². The molecule has 0 radical (unpaired) electrons. The Labute approximate surface area is 96.8 Å². The largest absolute Gasteiger partial charge is 0.494 e. The number of hydrogen-bond donors (Lipinski definition) is 1. The van der Waals surface area contributed by atoms with Crippen molar-refractivity contribution >= 4 is 0 Å². The molecule has 0 aliphatic rings. The molecule has 1 aromatic rings. The van der Waals surface area contributed by atoms with Gasteiger partial charge >= 0.3 is 0 Å². The van der Waals surface area contributed by atoms with Gasteiger partial charge in [-0.1, -0.05) is 26.0 Å². The minimum Gasteiger partial charge on any atom is -0.494 e. The van der Waals surface area contributed by atoms with Crippen molar-refractivity contribution in [2.24, 2.45) is 5.92 Å². The quantitative estimate of drug-likeness (QED) is 0.751. The maximum atomic E-state index is 13.7. The van der Waals surface area contributed by atoms with E-state index in [-0.39, 0.29) is 5.82 Å². The molecule has 0 amide bonds. The van der Waals surface area contributed by atoms with Crippen molar-refractivity contribution in [2.75, 3.05) is 13.7 Å². The van der Waals surface area contributed by atoms with Crippen molar-refractivity contribution in [1.82, 2.24) is 5.32 Å². The second-order valence-electron chi connectivity index (χ2n) is 4.29. The topological polar surface area (TPSA) is 21.3 Å². The molecule has 0 bridgehead atoms. The summed E-state index contributed by atoms with van der Waals surface area (Å²) in [5.74, 6) is 0.716. The van der Waals surface area contributed by atoms with Gasteiger partial charge in [-0.3, -0.25) is 0 Å². The predicted molar refractivity (Wildman–Crippen MR) is 64.1 cm³/mol. The Bertz CT molecular complexity index is 326. The van der Waals surface area contributed by atoms with Crippen LogP contribution in [0.5, 0.6) is 5.75 Å². The molecule has 0 saturated heterocycles. The van der Waals surface area contributed by atoms with Gasteiger partial charge < -0.3 is 10.1 Å². The van der Waals surface area contributed by atoms with Crippen LogP contribution < -0.4 is 10.1 Å². The summed E-state index contributed by atoms with van der Waals surface area (Å²) >= 11 is 0. The first-order valence-electron chi connectivity index (χ1n) is 5.67. The van der Waals surface area contributed by atoms with Gasteiger partial charge in [-0.2, -0.15) is 0 Å². The zero-order valence-electron chi connectivity index (χ0n) is 10.2. The third-order valence-electron chi connectivity index (χ3n) is 2.48. The predicted octanol–water partition coefficient (Wildman–Crippen LogP) is 2.97. The highest BCUT2D eigenvalue weighted by Crippen LogP contribution is 2.19. The Morgan fingerprint density at radius 3 is 2.75 bits per heavy atom. The zero-order chi connectivity index (χ0) is 12.0. The lowest BCUT2D eigenvalue weighted by atomic mass is 10.1. The van der Waals surface area contributed by atoms with Gasteiger partial charge in [0.25, 0.3) is 0 Å². The number of halogens is 1. The Kier molecular flexibility index (Phi) is 5.26. The first kappa shape index (κ1) is 13.0. The first-order valence-corrected chi connectivity index (χ1v) is 5.67. The van der Waals surface area contributed by atoms with E-state index in [2.05, 4.69) is 19.2 Å². The molecule has 1 aromatic carbocycles. The average molecular weight is 225 g/mol. The van der Waals surface area contributed by atoms with E-state index in [1.807, 2.05) is 0 Å². The van der Waals surface area contributed by atoms with Crippen LogP contribution in [0.25, 0.3) is 0 Å². The van der Waals surface area contributed by atoms with E-state index in [9.17, 15) is 4.39 Å². The van der Waals surface area contributed by atoms with E-state index in [0.717, 1.165) is 13.0 Å². The molecular formula is C13H20FNO. The lowest BCUT2D eigenvalue weighted by Crippen LogP contribution is -2.17. The fraction of sp³-hybridized carbons (Fsp3) is 0.538. The van der Waals surface area contributed by atoms with Gasteiger partial charge in [-0.15, -0.1) is 0 Å². The molecule has 16 heavy (non-hydrogen) atoms. The highest BCUT2D eigenvalue weighted by molar-refractivity contribution is 5.30. The molecule has 0 atom stereocenters. The van der Waals surface area contributed by atoms with E-state index in [1.54, 1.807) is 18.2 Å². The van der Waals surface area contributed by atoms with E-state index in [0.29, 0.717) is 23.8 Å². The lowest BCUT2D eigenvalue weighted by Gasteiger charge is -2.09. The summed E-state index contributed by atoms with van der Waals surface area (Å²) in [7, 11) is 1.48. The summed E-state index contributed by atoms with van der Waals surface area (Å²) in [5.41, 5.74) is 0.656. The van der Waals surface area contributed by atoms with Crippen LogP contribution in [0.2, 0.25) is 0 Å². The third kappa shape index (κ3) is 3.81. The molecule has 2 nitrogen and oxygen atoms in total. The zero-order valence-corrected chi connectivity index (χ0v) is 10.2. The van der Waals surface area contributed by atoms with Gasteiger partial charge in [-0.25, -0.2) is 4.39 Å². The van der Waals surface area contributed by atoms with Crippen molar-refractivity contribution < 1.29 is 9.13 Å². The average Bonchev–Trinajstić information content (AvgIpc) is 2.26. The SMILES string of the molecule is COc1cccc(CNCCC(C)C)c1F. The molecule has 0 aliphatic carbocycles. The molecule has 0 spiro atoms. The third-order valence-corrected chi connectivity index (χ3v) is 2.48. The van der Waals surface area contributed by atoms with Crippen LogP contribution in [-0.2, 0) is 6.54 Å². The lowest BCUT2D eigenvalue weighted by molar-refractivity contribution is 0.383. The van der Waals surface area contributed by atoms with Crippen molar-refractivity contribution in [3.05, 3.63) is 29.6 Å². The van der Waals surface area contributed by atoms with Crippen LogP contribution in [0, 0.1) is 11.7 Å². The van der Waals surface area contributed by atoms with Crippen molar-refractivity contribution in [3.63, 3.8) is 0 Å². The number of rotatable bonds is 6. The molecule has 90 valence electrons. The number of nitrogens with one attached hydrogen (secondary N) is 1. The van der Waals surface area contributed by atoms with E-state index < -0.39 is 0 Å². The molecule has 0 aromatic heterocycles. The van der Waals surface area contributed by atoms with Gasteiger partial charge in [0, 0.05) is 12.1 Å². The molecule has 0 unspecified atom stereocenters. The van der Waals surface area contributed by atoms with E-state index in [1.165, 1.54) is 7.11 Å². The number of hydrogen-bond acceptors (Lipinski definition) is 2. The summed E-state index contributed by atoms with van der Waals surface area (Å²) in [4.78, 5) is 0. The Hall–Kier alpha value is -1.09. The van der Waals surface area contributed by atoms with Gasteiger partial charge in [0.05, 0.1) is 7.11 Å². The van der Waals surface area contributed by atoms with Gasteiger partial charge in [0.2, 0.25) is 0 Å². The second-order valence-corrected chi connectivity index (χ2v) is 4.29. The summed E-state index contributed by atoms with van der Waals surface area (Å²) in [6.07, 6.45) is 1.10. The minimum atomic E-state index is -0.262. The van der Waals surface area contributed by atoms with Crippen LogP contribution in [0.4, 0.5) is 4.39 Å². The Balaban J connectivity index is 2.47. The standard InChI is InChI=1S/C13H20FNO/c1-10(2)7-8-15-9-11-5-4-6-12(16-3)13(11)14/h4-6,10,15H,7-9H2,1-3H3. The highest BCUT2D eigenvalue weighted by atomic mass is 19.1. The van der Waals surface area contributed by atoms with Gasteiger partial charge in [-0.05, 0) is 24.9 Å². The molecule has 1 rings (SSSR count). The summed E-state index contributed by atoms with van der Waals surface area (Å²) in [5, 5.41) is 3.23. The normalized spacial score (nSPS) is 10.8. The van der Waals surface area contributed by atoms with Gasteiger partial charge in [0.1, 0.15) is 0 Å². The Morgan fingerprint density at radius 2 is 2.12 bits per heavy atom. The van der Waals surface area contributed by atoms with E-state index >= 15 is 0 Å².